The van der Waals surface area contributed by atoms with E-state index in [9.17, 15) is 4.79 Å². The average molecular weight is 337 g/mol. The summed E-state index contributed by atoms with van der Waals surface area (Å²) in [6, 6.07) is 0. The maximum atomic E-state index is 11.1. The molecule has 1 saturated carbocycles. The molecule has 140 valence electrons. The van der Waals surface area contributed by atoms with Gasteiger partial charge in [0.2, 0.25) is 0 Å². The molecular formula is C22H40O2. The van der Waals surface area contributed by atoms with Gasteiger partial charge in [0.1, 0.15) is 0 Å². The van der Waals surface area contributed by atoms with Gasteiger partial charge < -0.3 is 4.74 Å². The molecule has 0 aromatic carbocycles. The lowest BCUT2D eigenvalue weighted by Gasteiger charge is -2.17. The van der Waals surface area contributed by atoms with Crippen LogP contribution >= 0.6 is 0 Å². The maximum Gasteiger partial charge on any atom is 0.305 e. The molecule has 0 aromatic rings. The molecule has 0 bridgehead atoms. The summed E-state index contributed by atoms with van der Waals surface area (Å²) in [4.78, 5) is 11.1. The molecule has 24 heavy (non-hydrogen) atoms. The predicted molar refractivity (Wildman–Crippen MR) is 103 cm³/mol. The number of carbonyl (C=O) groups excluding carboxylic acids is 1. The Hall–Kier alpha value is -0.790. The van der Waals surface area contributed by atoms with Gasteiger partial charge in [-0.3, -0.25) is 4.79 Å². The Morgan fingerprint density at radius 3 is 2.67 bits per heavy atom. The Morgan fingerprint density at radius 1 is 1.12 bits per heavy atom. The predicted octanol–water partition coefficient (Wildman–Crippen LogP) is 6.69. The van der Waals surface area contributed by atoms with Crippen molar-refractivity contribution in [1.29, 1.82) is 0 Å². The zero-order valence-corrected chi connectivity index (χ0v) is 16.4. The second-order valence-corrected chi connectivity index (χ2v) is 7.74. The standard InChI is InChI=1S/C22H40O2/c1-4-5-8-12-19(2)17-18-21-15-11-14-20(21)13-9-6-7-10-16-22(23)24-3/h17-21H,4-16H2,1-3H3/t19?,20-,21+/m0/s1. The summed E-state index contributed by atoms with van der Waals surface area (Å²) >= 11 is 0. The summed E-state index contributed by atoms with van der Waals surface area (Å²) in [6.07, 6.45) is 21.4. The van der Waals surface area contributed by atoms with E-state index in [-0.39, 0.29) is 5.97 Å². The summed E-state index contributed by atoms with van der Waals surface area (Å²) in [5.74, 6) is 2.42. The molecule has 1 aliphatic carbocycles. The highest BCUT2D eigenvalue weighted by molar-refractivity contribution is 5.68. The molecule has 0 heterocycles. The lowest BCUT2D eigenvalue weighted by Crippen LogP contribution is -2.06. The van der Waals surface area contributed by atoms with Crippen LogP contribution in [0.5, 0.6) is 0 Å². The molecular weight excluding hydrogens is 296 g/mol. The van der Waals surface area contributed by atoms with Gasteiger partial charge >= 0.3 is 5.97 Å². The third-order valence-corrected chi connectivity index (χ3v) is 5.60. The van der Waals surface area contributed by atoms with Crippen LogP contribution in [0.25, 0.3) is 0 Å². The van der Waals surface area contributed by atoms with Crippen molar-refractivity contribution in [3.05, 3.63) is 12.2 Å². The number of hydrogen-bond acceptors (Lipinski definition) is 2. The SMILES string of the molecule is CCCCCC(C)C=C[C@H]1CCC[C@@H]1CCCCCCC(=O)OC. The van der Waals surface area contributed by atoms with Crippen molar-refractivity contribution in [3.63, 3.8) is 0 Å². The van der Waals surface area contributed by atoms with E-state index in [4.69, 9.17) is 0 Å². The van der Waals surface area contributed by atoms with E-state index in [0.29, 0.717) is 6.42 Å². The van der Waals surface area contributed by atoms with Crippen LogP contribution in [-0.2, 0) is 9.53 Å². The van der Waals surface area contributed by atoms with Gasteiger partial charge in [-0.25, -0.2) is 0 Å². The molecule has 1 unspecified atom stereocenters. The van der Waals surface area contributed by atoms with Crippen LogP contribution in [0.2, 0.25) is 0 Å². The van der Waals surface area contributed by atoms with Gasteiger partial charge in [-0.15, -0.1) is 0 Å². The minimum atomic E-state index is -0.0657. The van der Waals surface area contributed by atoms with Crippen molar-refractivity contribution < 1.29 is 9.53 Å². The monoisotopic (exact) mass is 336 g/mol. The van der Waals surface area contributed by atoms with E-state index in [1.165, 1.54) is 71.3 Å². The van der Waals surface area contributed by atoms with Crippen LogP contribution in [0.3, 0.4) is 0 Å². The van der Waals surface area contributed by atoms with Crippen molar-refractivity contribution >= 4 is 5.97 Å². The van der Waals surface area contributed by atoms with E-state index < -0.39 is 0 Å². The number of rotatable bonds is 13. The fourth-order valence-electron chi connectivity index (χ4n) is 3.95. The normalized spacial score (nSPS) is 22.1. The quantitative estimate of drug-likeness (QED) is 0.213. The van der Waals surface area contributed by atoms with Crippen molar-refractivity contribution in [1.82, 2.24) is 0 Å². The molecule has 0 aliphatic heterocycles. The Balaban J connectivity index is 2.15. The van der Waals surface area contributed by atoms with Crippen LogP contribution in [0.15, 0.2) is 12.2 Å². The van der Waals surface area contributed by atoms with Gasteiger partial charge in [-0.2, -0.15) is 0 Å². The Labute approximate surface area is 150 Å². The smallest absolute Gasteiger partial charge is 0.305 e. The fourth-order valence-corrected chi connectivity index (χ4v) is 3.95. The van der Waals surface area contributed by atoms with Gasteiger partial charge in [0.15, 0.2) is 0 Å². The van der Waals surface area contributed by atoms with Gasteiger partial charge in [-0.1, -0.05) is 70.9 Å². The third kappa shape index (κ3) is 9.49. The molecule has 1 rings (SSSR count). The van der Waals surface area contributed by atoms with E-state index in [2.05, 4.69) is 30.7 Å². The number of allylic oxidation sites excluding steroid dienone is 2. The topological polar surface area (TPSA) is 26.3 Å². The first-order chi connectivity index (χ1) is 11.7. The Bertz CT molecular complexity index is 348. The molecule has 0 spiro atoms. The fraction of sp³-hybridized carbons (Fsp3) is 0.864. The Morgan fingerprint density at radius 2 is 1.92 bits per heavy atom. The zero-order valence-electron chi connectivity index (χ0n) is 16.4. The first kappa shape index (κ1) is 21.3. The highest BCUT2D eigenvalue weighted by atomic mass is 16.5. The third-order valence-electron chi connectivity index (χ3n) is 5.60. The van der Waals surface area contributed by atoms with Crippen LogP contribution in [-0.4, -0.2) is 13.1 Å². The molecule has 2 heteroatoms. The van der Waals surface area contributed by atoms with E-state index in [0.717, 1.165) is 30.6 Å². The molecule has 0 N–H and O–H groups in total. The van der Waals surface area contributed by atoms with Crippen LogP contribution in [0.4, 0.5) is 0 Å². The Kier molecular flexibility index (Phi) is 12.0. The lowest BCUT2D eigenvalue weighted by atomic mass is 9.89. The molecule has 0 saturated heterocycles. The highest BCUT2D eigenvalue weighted by Gasteiger charge is 2.24. The van der Waals surface area contributed by atoms with E-state index in [1.54, 1.807) is 0 Å². The first-order valence-corrected chi connectivity index (χ1v) is 10.4. The van der Waals surface area contributed by atoms with Crippen LogP contribution in [0.1, 0.15) is 97.3 Å². The number of hydrogen-bond donors (Lipinski definition) is 0. The molecule has 2 nitrogen and oxygen atoms in total. The van der Waals surface area contributed by atoms with Crippen molar-refractivity contribution in [2.75, 3.05) is 7.11 Å². The number of methoxy groups -OCH3 is 1. The second-order valence-electron chi connectivity index (χ2n) is 7.74. The molecule has 0 aromatic heterocycles. The highest BCUT2D eigenvalue weighted by Crippen LogP contribution is 2.36. The minimum Gasteiger partial charge on any atom is -0.469 e. The average Bonchev–Trinajstić information content (AvgIpc) is 3.03. The van der Waals surface area contributed by atoms with E-state index >= 15 is 0 Å². The summed E-state index contributed by atoms with van der Waals surface area (Å²) < 4.78 is 4.68. The number of ether oxygens (including phenoxy) is 1. The van der Waals surface area contributed by atoms with Crippen molar-refractivity contribution in [3.8, 4) is 0 Å². The summed E-state index contributed by atoms with van der Waals surface area (Å²) in [5.41, 5.74) is 0. The lowest BCUT2D eigenvalue weighted by molar-refractivity contribution is -0.140. The van der Waals surface area contributed by atoms with E-state index in [1.807, 2.05) is 0 Å². The largest absolute Gasteiger partial charge is 0.469 e. The van der Waals surface area contributed by atoms with Gasteiger partial charge in [0.25, 0.3) is 0 Å². The maximum absolute atomic E-state index is 11.1. The second kappa shape index (κ2) is 13.5. The van der Waals surface area contributed by atoms with Crippen molar-refractivity contribution in [2.24, 2.45) is 17.8 Å². The van der Waals surface area contributed by atoms with Crippen LogP contribution in [0, 0.1) is 17.8 Å². The number of carbonyl (C=O) groups is 1. The number of unbranched alkanes of at least 4 members (excludes halogenated alkanes) is 5. The number of esters is 1. The minimum absolute atomic E-state index is 0.0657. The molecule has 3 atom stereocenters. The molecule has 0 radical (unpaired) electrons. The molecule has 1 fully saturated rings. The summed E-state index contributed by atoms with van der Waals surface area (Å²) in [6.45, 7) is 4.65. The van der Waals surface area contributed by atoms with Gasteiger partial charge in [0, 0.05) is 6.42 Å². The summed E-state index contributed by atoms with van der Waals surface area (Å²) in [7, 11) is 1.47. The van der Waals surface area contributed by atoms with Crippen LogP contribution < -0.4 is 0 Å². The molecule has 0 amide bonds. The van der Waals surface area contributed by atoms with Gasteiger partial charge in [-0.05, 0) is 49.9 Å². The van der Waals surface area contributed by atoms with Crippen molar-refractivity contribution in [2.45, 2.75) is 97.3 Å². The zero-order chi connectivity index (χ0) is 17.6. The summed E-state index contributed by atoms with van der Waals surface area (Å²) in [5, 5.41) is 0. The molecule has 1 aliphatic rings. The van der Waals surface area contributed by atoms with Gasteiger partial charge in [0.05, 0.1) is 7.11 Å². The first-order valence-electron chi connectivity index (χ1n) is 10.4.